The van der Waals surface area contributed by atoms with Crippen LogP contribution in [0.4, 0.5) is 0 Å². The fourth-order valence-corrected chi connectivity index (χ4v) is 1.24. The summed E-state index contributed by atoms with van der Waals surface area (Å²) in [6, 6.07) is 3.58. The van der Waals surface area contributed by atoms with Gasteiger partial charge in [0.25, 0.3) is 0 Å². The molecule has 0 heterocycles. The fraction of sp³-hybridized carbons (Fsp3) is 0. The van der Waals surface area contributed by atoms with Gasteiger partial charge in [0, 0.05) is 16.9 Å². The Morgan fingerprint density at radius 1 is 1.07 bits per heavy atom. The molecule has 0 fully saturated rings. The first-order valence-corrected chi connectivity index (χ1v) is 4.25. The van der Waals surface area contributed by atoms with Crippen molar-refractivity contribution in [2.45, 2.75) is 4.90 Å². The van der Waals surface area contributed by atoms with Gasteiger partial charge in [0.1, 0.15) is 0 Å². The van der Waals surface area contributed by atoms with Crippen LogP contribution in [-0.4, -0.2) is 26.7 Å². The van der Waals surface area contributed by atoms with Gasteiger partial charge in [-0.15, -0.1) is 0 Å². The maximum Gasteiger partial charge on any atom is 0.336 e. The second kappa shape index (κ2) is 4.12. The molecular formula is C8H6O5S. The molecule has 1 aromatic carbocycles. The molecule has 1 rings (SSSR count). The molecule has 0 bridgehead atoms. The number of hydrogen-bond acceptors (Lipinski definition) is 4. The second-order valence-electron chi connectivity index (χ2n) is 2.41. The molecule has 14 heavy (non-hydrogen) atoms. The third-order valence-electron chi connectivity index (χ3n) is 1.56. The Morgan fingerprint density at radius 2 is 1.64 bits per heavy atom. The van der Waals surface area contributed by atoms with E-state index in [0.29, 0.717) is 12.0 Å². The number of rotatable bonds is 3. The summed E-state index contributed by atoms with van der Waals surface area (Å²) in [5, 5.41) is 17.3. The molecule has 0 saturated carbocycles. The van der Waals surface area contributed by atoms with Crippen molar-refractivity contribution in [1.29, 1.82) is 0 Å². The number of carboxylic acid groups (broad SMARTS) is 2. The zero-order chi connectivity index (χ0) is 10.7. The van der Waals surface area contributed by atoms with E-state index in [2.05, 4.69) is 0 Å². The van der Waals surface area contributed by atoms with E-state index in [9.17, 15) is 9.59 Å². The van der Waals surface area contributed by atoms with Crippen LogP contribution in [0.15, 0.2) is 23.1 Å². The molecule has 6 heteroatoms. The van der Waals surface area contributed by atoms with E-state index in [1.165, 1.54) is 6.07 Å². The Bertz CT molecular complexity index is 387. The number of carboxylic acids is 2. The fourth-order valence-electron chi connectivity index (χ4n) is 0.944. The minimum absolute atomic E-state index is 0.285. The zero-order valence-corrected chi connectivity index (χ0v) is 7.61. The molecule has 0 saturated heterocycles. The summed E-state index contributed by atoms with van der Waals surface area (Å²) in [7, 11) is 0. The van der Waals surface area contributed by atoms with Gasteiger partial charge in [-0.1, -0.05) is 0 Å². The highest BCUT2D eigenvalue weighted by atomic mass is 32.2. The Kier molecular flexibility index (Phi) is 3.10. The lowest BCUT2D eigenvalue weighted by molar-refractivity contribution is 0.0651. The van der Waals surface area contributed by atoms with Crippen LogP contribution in [0.5, 0.6) is 0 Å². The molecule has 0 aliphatic heterocycles. The predicted molar refractivity (Wildman–Crippen MR) is 48.8 cm³/mol. The van der Waals surface area contributed by atoms with Crippen molar-refractivity contribution in [1.82, 2.24) is 0 Å². The van der Waals surface area contributed by atoms with Crippen LogP contribution in [0.1, 0.15) is 20.7 Å². The molecule has 1 aromatic rings. The van der Waals surface area contributed by atoms with Crippen molar-refractivity contribution < 1.29 is 24.4 Å². The molecule has 0 radical (unpaired) electrons. The summed E-state index contributed by atoms with van der Waals surface area (Å²) in [6.45, 7) is 0. The first-order chi connectivity index (χ1) is 6.56. The molecule has 3 N–H and O–H groups in total. The summed E-state index contributed by atoms with van der Waals surface area (Å²) >= 11 is 0.365. The molecule has 0 atom stereocenters. The lowest BCUT2D eigenvalue weighted by Crippen LogP contribution is -2.07. The molecule has 0 aliphatic carbocycles. The van der Waals surface area contributed by atoms with Crippen molar-refractivity contribution >= 4 is 24.0 Å². The Morgan fingerprint density at radius 3 is 2.07 bits per heavy atom. The molecule has 0 aromatic heterocycles. The van der Waals surface area contributed by atoms with Gasteiger partial charge in [-0.2, -0.15) is 0 Å². The summed E-state index contributed by atoms with van der Waals surface area (Å²) in [5.74, 6) is -2.64. The maximum atomic E-state index is 10.6. The van der Waals surface area contributed by atoms with Gasteiger partial charge in [-0.3, -0.25) is 0 Å². The van der Waals surface area contributed by atoms with E-state index >= 15 is 0 Å². The summed E-state index contributed by atoms with van der Waals surface area (Å²) in [5.41, 5.74) is -0.633. The number of hydrogen-bond donors (Lipinski definition) is 3. The first kappa shape index (κ1) is 10.6. The second-order valence-corrected chi connectivity index (χ2v) is 3.06. The first-order valence-electron chi connectivity index (χ1n) is 3.48. The predicted octanol–water partition coefficient (Wildman–Crippen LogP) is 1.65. The van der Waals surface area contributed by atoms with Crippen LogP contribution in [0.2, 0.25) is 0 Å². The van der Waals surface area contributed by atoms with Gasteiger partial charge < -0.3 is 14.8 Å². The maximum absolute atomic E-state index is 10.6. The van der Waals surface area contributed by atoms with E-state index in [4.69, 9.17) is 14.8 Å². The third kappa shape index (κ3) is 2.04. The Hall–Kier alpha value is -1.53. The van der Waals surface area contributed by atoms with Crippen molar-refractivity contribution in [2.75, 3.05) is 0 Å². The van der Waals surface area contributed by atoms with Gasteiger partial charge in [0.05, 0.1) is 11.1 Å². The van der Waals surface area contributed by atoms with Crippen LogP contribution in [0, 0.1) is 0 Å². The highest BCUT2D eigenvalue weighted by Crippen LogP contribution is 2.19. The highest BCUT2D eigenvalue weighted by Gasteiger charge is 2.16. The van der Waals surface area contributed by atoms with E-state index in [-0.39, 0.29) is 16.0 Å². The van der Waals surface area contributed by atoms with Gasteiger partial charge in [-0.05, 0) is 18.2 Å². The molecular weight excluding hydrogens is 208 g/mol. The van der Waals surface area contributed by atoms with Crippen LogP contribution in [-0.2, 0) is 0 Å². The van der Waals surface area contributed by atoms with Crippen molar-refractivity contribution in [3.63, 3.8) is 0 Å². The standard InChI is InChI=1S/C8H6O5S/c9-7(10)5-2-1-4(14-13)3-6(5)8(11)12/h1-3,13H,(H,9,10)(H,11,12). The molecule has 74 valence electrons. The summed E-state index contributed by atoms with van der Waals surface area (Å²) < 4.78 is 8.65. The Labute approximate surface area is 83.2 Å². The van der Waals surface area contributed by atoms with Gasteiger partial charge in [-0.25, -0.2) is 9.59 Å². The quantitative estimate of drug-likeness (QED) is 0.662. The SMILES string of the molecule is O=C(O)c1ccc(SO)cc1C(=O)O. The van der Waals surface area contributed by atoms with Gasteiger partial charge in [0.15, 0.2) is 0 Å². The summed E-state index contributed by atoms with van der Waals surface area (Å²) in [4.78, 5) is 21.5. The molecule has 0 aliphatic rings. The van der Waals surface area contributed by atoms with E-state index in [1.54, 1.807) is 0 Å². The highest BCUT2D eigenvalue weighted by molar-refractivity contribution is 7.93. The van der Waals surface area contributed by atoms with Gasteiger partial charge in [0.2, 0.25) is 0 Å². The van der Waals surface area contributed by atoms with E-state index < -0.39 is 11.9 Å². The minimum atomic E-state index is -1.33. The number of benzene rings is 1. The van der Waals surface area contributed by atoms with E-state index in [1.807, 2.05) is 0 Å². The molecule has 0 unspecified atom stereocenters. The van der Waals surface area contributed by atoms with Crippen LogP contribution < -0.4 is 0 Å². The van der Waals surface area contributed by atoms with Gasteiger partial charge >= 0.3 is 11.9 Å². The Balaban J connectivity index is 3.31. The molecule has 0 amide bonds. The lowest BCUT2D eigenvalue weighted by atomic mass is 10.1. The molecule has 0 spiro atoms. The van der Waals surface area contributed by atoms with Crippen molar-refractivity contribution in [2.24, 2.45) is 0 Å². The average Bonchev–Trinajstić information content (AvgIpc) is 2.16. The van der Waals surface area contributed by atoms with Crippen molar-refractivity contribution in [3.8, 4) is 0 Å². The monoisotopic (exact) mass is 214 g/mol. The normalized spacial score (nSPS) is 9.79. The lowest BCUT2D eigenvalue weighted by Gasteiger charge is -2.02. The van der Waals surface area contributed by atoms with Crippen LogP contribution >= 0.6 is 12.0 Å². The van der Waals surface area contributed by atoms with Crippen molar-refractivity contribution in [3.05, 3.63) is 29.3 Å². The number of aromatic carboxylic acids is 2. The average molecular weight is 214 g/mol. The summed E-state index contributed by atoms with van der Waals surface area (Å²) in [6.07, 6.45) is 0. The van der Waals surface area contributed by atoms with Crippen LogP contribution in [0.3, 0.4) is 0 Å². The third-order valence-corrected chi connectivity index (χ3v) is 2.02. The smallest absolute Gasteiger partial charge is 0.336 e. The molecule has 5 nitrogen and oxygen atoms in total. The minimum Gasteiger partial charge on any atom is -0.478 e. The van der Waals surface area contributed by atoms with E-state index in [0.717, 1.165) is 12.1 Å². The largest absolute Gasteiger partial charge is 0.478 e. The van der Waals surface area contributed by atoms with Crippen LogP contribution in [0.25, 0.3) is 0 Å². The number of carbonyl (C=O) groups is 2. The topological polar surface area (TPSA) is 94.8 Å². The zero-order valence-electron chi connectivity index (χ0n) is 6.80.